The first-order chi connectivity index (χ1) is 13.4. The fraction of sp³-hybridized carbons (Fsp3) is 0.421. The Kier molecular flexibility index (Phi) is 5.43. The summed E-state index contributed by atoms with van der Waals surface area (Å²) >= 11 is 0. The molecular weight excluding hydrogens is 358 g/mol. The molecule has 0 saturated carbocycles. The number of carbonyl (C=O) groups is 2. The van der Waals surface area contributed by atoms with Crippen molar-refractivity contribution in [1.29, 1.82) is 0 Å². The molecule has 9 nitrogen and oxygen atoms in total. The molecule has 0 spiro atoms. The van der Waals surface area contributed by atoms with Crippen LogP contribution in [0.4, 0.5) is 22.4 Å². The summed E-state index contributed by atoms with van der Waals surface area (Å²) in [6.45, 7) is 5.74. The van der Waals surface area contributed by atoms with Crippen molar-refractivity contribution < 1.29 is 9.59 Å². The van der Waals surface area contributed by atoms with E-state index in [0.29, 0.717) is 12.8 Å². The topological polar surface area (TPSA) is 126 Å². The van der Waals surface area contributed by atoms with E-state index in [-0.39, 0.29) is 30.2 Å². The maximum atomic E-state index is 12.8. The minimum atomic E-state index is -0.864. The van der Waals surface area contributed by atoms with Crippen LogP contribution in [0, 0.1) is 0 Å². The van der Waals surface area contributed by atoms with E-state index in [1.165, 1.54) is 0 Å². The van der Waals surface area contributed by atoms with Crippen LogP contribution in [-0.2, 0) is 17.8 Å². The second kappa shape index (κ2) is 7.79. The number of aromatic nitrogens is 3. The Morgan fingerprint density at radius 1 is 1.11 bits per heavy atom. The number of urea groups is 1. The zero-order valence-electron chi connectivity index (χ0n) is 16.3. The Balaban J connectivity index is 1.84. The molecule has 3 rings (SSSR count). The van der Waals surface area contributed by atoms with Crippen molar-refractivity contribution in [2.75, 3.05) is 11.1 Å². The predicted octanol–water partition coefficient (Wildman–Crippen LogP) is 2.37. The summed E-state index contributed by atoms with van der Waals surface area (Å²) in [6.07, 6.45) is 1.88. The standard InChI is InChI=1S/C19H25N7O2/c1-4-12-9-7-8-10-13(12)21-17-23-14(22-16(20)24-17)11-26-15(27)19(5-2,6-3)25-18(26)28/h7-10H,4-6,11H2,1-3H3,(H,25,28)(H3,20,21,22,23,24). The smallest absolute Gasteiger partial charge is 0.325 e. The fourth-order valence-electron chi connectivity index (χ4n) is 3.33. The molecule has 1 aliphatic rings. The van der Waals surface area contributed by atoms with Crippen LogP contribution in [0.15, 0.2) is 24.3 Å². The quantitative estimate of drug-likeness (QED) is 0.627. The number of para-hydroxylation sites is 1. The molecule has 1 fully saturated rings. The lowest BCUT2D eigenvalue weighted by Gasteiger charge is -2.23. The van der Waals surface area contributed by atoms with Gasteiger partial charge in [-0.1, -0.05) is 39.0 Å². The number of nitrogens with one attached hydrogen (secondary N) is 2. The minimum absolute atomic E-state index is 0.0192. The van der Waals surface area contributed by atoms with E-state index in [2.05, 4.69) is 32.5 Å². The molecule has 1 aromatic heterocycles. The average Bonchev–Trinajstić information content (AvgIpc) is 2.92. The molecular formula is C19H25N7O2. The largest absolute Gasteiger partial charge is 0.368 e. The summed E-state index contributed by atoms with van der Waals surface area (Å²) in [5.74, 6) is 0.265. The van der Waals surface area contributed by atoms with Crippen molar-refractivity contribution in [2.45, 2.75) is 52.1 Å². The second-order valence-corrected chi connectivity index (χ2v) is 6.68. The van der Waals surface area contributed by atoms with Crippen molar-refractivity contribution >= 4 is 29.5 Å². The van der Waals surface area contributed by atoms with Gasteiger partial charge in [0.2, 0.25) is 11.9 Å². The van der Waals surface area contributed by atoms with Gasteiger partial charge in [-0.05, 0) is 30.9 Å². The summed E-state index contributed by atoms with van der Waals surface area (Å²) in [5.41, 5.74) is 6.93. The first kappa shape index (κ1) is 19.5. The highest BCUT2D eigenvalue weighted by Crippen LogP contribution is 2.26. The number of rotatable bonds is 7. The van der Waals surface area contributed by atoms with Gasteiger partial charge in [-0.2, -0.15) is 15.0 Å². The van der Waals surface area contributed by atoms with Crippen LogP contribution in [-0.4, -0.2) is 37.3 Å². The van der Waals surface area contributed by atoms with Crippen LogP contribution in [0.3, 0.4) is 0 Å². The van der Waals surface area contributed by atoms with Crippen LogP contribution >= 0.6 is 0 Å². The van der Waals surface area contributed by atoms with Crippen LogP contribution in [0.1, 0.15) is 45.0 Å². The van der Waals surface area contributed by atoms with E-state index in [0.717, 1.165) is 22.6 Å². The lowest BCUT2D eigenvalue weighted by Crippen LogP contribution is -2.45. The third kappa shape index (κ3) is 3.60. The molecule has 1 saturated heterocycles. The van der Waals surface area contributed by atoms with Crippen molar-refractivity contribution in [3.05, 3.63) is 35.7 Å². The van der Waals surface area contributed by atoms with E-state index >= 15 is 0 Å². The molecule has 3 amide bonds. The molecule has 2 heterocycles. The van der Waals surface area contributed by atoms with Gasteiger partial charge in [0.15, 0.2) is 5.82 Å². The Morgan fingerprint density at radius 3 is 2.46 bits per heavy atom. The van der Waals surface area contributed by atoms with Gasteiger partial charge in [-0.15, -0.1) is 0 Å². The van der Waals surface area contributed by atoms with E-state index in [9.17, 15) is 9.59 Å². The molecule has 0 radical (unpaired) electrons. The van der Waals surface area contributed by atoms with Crippen LogP contribution < -0.4 is 16.4 Å². The molecule has 0 aliphatic carbocycles. The van der Waals surface area contributed by atoms with Crippen molar-refractivity contribution in [3.63, 3.8) is 0 Å². The van der Waals surface area contributed by atoms with Crippen LogP contribution in [0.5, 0.6) is 0 Å². The van der Waals surface area contributed by atoms with Gasteiger partial charge in [0.1, 0.15) is 5.54 Å². The van der Waals surface area contributed by atoms with Gasteiger partial charge < -0.3 is 16.4 Å². The number of carbonyl (C=O) groups excluding carboxylic acids is 2. The number of benzene rings is 1. The molecule has 1 aromatic carbocycles. The molecule has 0 unspecified atom stereocenters. The number of imide groups is 1. The van der Waals surface area contributed by atoms with Gasteiger partial charge in [-0.25, -0.2) is 4.79 Å². The van der Waals surface area contributed by atoms with Crippen molar-refractivity contribution in [1.82, 2.24) is 25.2 Å². The van der Waals surface area contributed by atoms with Crippen LogP contribution in [0.2, 0.25) is 0 Å². The first-order valence-corrected chi connectivity index (χ1v) is 9.41. The third-order valence-electron chi connectivity index (χ3n) is 5.10. The Hall–Kier alpha value is -3.23. The molecule has 1 aliphatic heterocycles. The molecule has 0 atom stereocenters. The SMILES string of the molecule is CCc1ccccc1Nc1nc(N)nc(CN2C(=O)NC(CC)(CC)C2=O)n1. The van der Waals surface area contributed by atoms with Crippen molar-refractivity contribution in [2.24, 2.45) is 0 Å². The van der Waals surface area contributed by atoms with E-state index < -0.39 is 11.6 Å². The molecule has 28 heavy (non-hydrogen) atoms. The van der Waals surface area contributed by atoms with E-state index in [1.807, 2.05) is 38.1 Å². The van der Waals surface area contributed by atoms with Gasteiger partial charge in [-0.3, -0.25) is 9.69 Å². The molecule has 4 N–H and O–H groups in total. The number of nitrogens with two attached hydrogens (primary N) is 1. The minimum Gasteiger partial charge on any atom is -0.368 e. The van der Waals surface area contributed by atoms with Gasteiger partial charge in [0.05, 0.1) is 6.54 Å². The summed E-state index contributed by atoms with van der Waals surface area (Å²) in [4.78, 5) is 38.8. The zero-order valence-corrected chi connectivity index (χ0v) is 16.3. The Morgan fingerprint density at radius 2 is 1.82 bits per heavy atom. The summed E-state index contributed by atoms with van der Waals surface area (Å²) < 4.78 is 0. The highest BCUT2D eigenvalue weighted by molar-refractivity contribution is 6.06. The highest BCUT2D eigenvalue weighted by Gasteiger charge is 2.48. The Labute approximate surface area is 163 Å². The van der Waals surface area contributed by atoms with Crippen molar-refractivity contribution in [3.8, 4) is 0 Å². The lowest BCUT2D eigenvalue weighted by molar-refractivity contribution is -0.132. The molecule has 148 valence electrons. The fourth-order valence-corrected chi connectivity index (χ4v) is 3.33. The van der Waals surface area contributed by atoms with Crippen LogP contribution in [0.25, 0.3) is 0 Å². The van der Waals surface area contributed by atoms with Gasteiger partial charge >= 0.3 is 6.03 Å². The molecule has 9 heteroatoms. The number of hydrogen-bond donors (Lipinski definition) is 3. The first-order valence-electron chi connectivity index (χ1n) is 9.41. The number of amides is 3. The maximum Gasteiger partial charge on any atom is 0.325 e. The maximum absolute atomic E-state index is 12.8. The monoisotopic (exact) mass is 383 g/mol. The van der Waals surface area contributed by atoms with E-state index in [1.54, 1.807) is 0 Å². The van der Waals surface area contributed by atoms with Gasteiger partial charge in [0, 0.05) is 5.69 Å². The lowest BCUT2D eigenvalue weighted by atomic mass is 9.93. The molecule has 2 aromatic rings. The summed E-state index contributed by atoms with van der Waals surface area (Å²) in [7, 11) is 0. The predicted molar refractivity (Wildman–Crippen MR) is 106 cm³/mol. The number of hydrogen-bond acceptors (Lipinski definition) is 7. The Bertz CT molecular complexity index is 896. The average molecular weight is 383 g/mol. The highest BCUT2D eigenvalue weighted by atomic mass is 16.2. The van der Waals surface area contributed by atoms with Gasteiger partial charge in [0.25, 0.3) is 5.91 Å². The third-order valence-corrected chi connectivity index (χ3v) is 5.10. The summed E-state index contributed by atoms with van der Waals surface area (Å²) in [6, 6.07) is 7.36. The number of nitrogen functional groups attached to an aromatic ring is 1. The second-order valence-electron chi connectivity index (χ2n) is 6.68. The van der Waals surface area contributed by atoms with E-state index in [4.69, 9.17) is 5.73 Å². The molecule has 0 bridgehead atoms. The number of aryl methyl sites for hydroxylation is 1. The zero-order chi connectivity index (χ0) is 20.3. The summed E-state index contributed by atoms with van der Waals surface area (Å²) in [5, 5.41) is 5.93. The number of anilines is 3. The number of nitrogens with zero attached hydrogens (tertiary/aromatic N) is 4. The normalized spacial score (nSPS) is 15.6.